The SMILES string of the molecule is CC(=O)N[C@H]1C(OC(C)=O)S[C@H](OC(C)=O)[C@@H](OC(C)=O)[C@@H]1OC(C)=O. The number of amides is 1. The van der Waals surface area contributed by atoms with E-state index in [0.717, 1.165) is 39.5 Å². The first-order valence-electron chi connectivity index (χ1n) is 7.62. The van der Waals surface area contributed by atoms with Crippen molar-refractivity contribution in [1.82, 2.24) is 5.32 Å². The standard InChI is InChI=1S/C15H21NO9S/c1-6(17)16-11-12(22-7(2)18)13(23-8(3)19)15(25-10(5)21)26-14(11)24-9(4)20/h11-15H,1-5H3,(H,16,17)/t11-,12-,13+,14?,15+/m1/s1. The number of hydrogen-bond donors (Lipinski definition) is 1. The molecule has 10 nitrogen and oxygen atoms in total. The van der Waals surface area contributed by atoms with Gasteiger partial charge in [0.05, 0.1) is 0 Å². The highest BCUT2D eigenvalue weighted by Crippen LogP contribution is 2.37. The Bertz CT molecular complexity index is 552. The van der Waals surface area contributed by atoms with E-state index in [0.29, 0.717) is 0 Å². The fraction of sp³-hybridized carbons (Fsp3) is 0.667. The lowest BCUT2D eigenvalue weighted by Gasteiger charge is -2.43. The fourth-order valence-corrected chi connectivity index (χ4v) is 3.77. The summed E-state index contributed by atoms with van der Waals surface area (Å²) in [5.41, 5.74) is -2.16. The minimum Gasteiger partial charge on any atom is -0.456 e. The summed E-state index contributed by atoms with van der Waals surface area (Å²) in [5.74, 6) is -3.26. The Morgan fingerprint density at radius 2 is 1.08 bits per heavy atom. The lowest BCUT2D eigenvalue weighted by Crippen LogP contribution is -2.63. The van der Waals surface area contributed by atoms with Crippen LogP contribution < -0.4 is 5.32 Å². The van der Waals surface area contributed by atoms with Gasteiger partial charge in [0.15, 0.2) is 23.1 Å². The maximum atomic E-state index is 11.6. The molecule has 0 radical (unpaired) electrons. The van der Waals surface area contributed by atoms with Crippen molar-refractivity contribution < 1.29 is 42.9 Å². The highest BCUT2D eigenvalue weighted by molar-refractivity contribution is 8.00. The third kappa shape index (κ3) is 6.54. The highest BCUT2D eigenvalue weighted by Gasteiger charge is 2.52. The number of ether oxygens (including phenoxy) is 4. The molecule has 1 rings (SSSR count). The Labute approximate surface area is 154 Å². The quantitative estimate of drug-likeness (QED) is 0.499. The summed E-state index contributed by atoms with van der Waals surface area (Å²) in [4.78, 5) is 57.4. The summed E-state index contributed by atoms with van der Waals surface area (Å²) in [5, 5.41) is 2.52. The molecule has 5 atom stereocenters. The molecule has 1 amide bonds. The smallest absolute Gasteiger partial charge is 0.303 e. The summed E-state index contributed by atoms with van der Waals surface area (Å²) in [7, 11) is 0. The van der Waals surface area contributed by atoms with Crippen LogP contribution >= 0.6 is 11.8 Å². The lowest BCUT2D eigenvalue weighted by atomic mass is 10.0. The monoisotopic (exact) mass is 391 g/mol. The maximum Gasteiger partial charge on any atom is 0.303 e. The number of nitrogens with one attached hydrogen (secondary N) is 1. The van der Waals surface area contributed by atoms with Crippen LogP contribution in [0.15, 0.2) is 0 Å². The molecule has 1 heterocycles. The van der Waals surface area contributed by atoms with E-state index in [2.05, 4.69) is 5.32 Å². The van der Waals surface area contributed by atoms with E-state index in [9.17, 15) is 24.0 Å². The van der Waals surface area contributed by atoms with Gasteiger partial charge in [0.25, 0.3) is 0 Å². The average Bonchev–Trinajstić information content (AvgIpc) is 2.44. The molecule has 0 aromatic heterocycles. The normalized spacial score (nSPS) is 27.7. The van der Waals surface area contributed by atoms with E-state index in [1.807, 2.05) is 0 Å². The molecule has 1 aliphatic rings. The van der Waals surface area contributed by atoms with Crippen molar-refractivity contribution in [3.8, 4) is 0 Å². The van der Waals surface area contributed by atoms with Gasteiger partial charge in [0.2, 0.25) is 5.91 Å². The number of esters is 4. The summed E-state index contributed by atoms with van der Waals surface area (Å²) >= 11 is 0.850. The molecule has 1 unspecified atom stereocenters. The molecular formula is C15H21NO9S. The largest absolute Gasteiger partial charge is 0.456 e. The molecule has 0 bridgehead atoms. The summed E-state index contributed by atoms with van der Waals surface area (Å²) in [6.07, 6.45) is -2.45. The first kappa shape index (κ1) is 21.7. The van der Waals surface area contributed by atoms with Crippen molar-refractivity contribution in [2.75, 3.05) is 0 Å². The predicted octanol–water partition coefficient (Wildman–Crippen LogP) is -0.120. The Hall–Kier alpha value is -2.30. The zero-order chi connectivity index (χ0) is 20.0. The maximum absolute atomic E-state index is 11.6. The number of hydrogen-bond acceptors (Lipinski definition) is 10. The molecule has 1 aliphatic heterocycles. The second-order valence-electron chi connectivity index (χ2n) is 5.47. The van der Waals surface area contributed by atoms with Crippen LogP contribution in [0.25, 0.3) is 0 Å². The van der Waals surface area contributed by atoms with Gasteiger partial charge in [-0.15, -0.1) is 0 Å². The Morgan fingerprint density at radius 3 is 1.50 bits per heavy atom. The number of rotatable bonds is 5. The molecule has 1 saturated heterocycles. The summed E-state index contributed by atoms with van der Waals surface area (Å²) < 4.78 is 20.7. The van der Waals surface area contributed by atoms with Gasteiger partial charge in [0.1, 0.15) is 6.04 Å². The van der Waals surface area contributed by atoms with Crippen molar-refractivity contribution in [2.45, 2.75) is 63.7 Å². The van der Waals surface area contributed by atoms with Crippen molar-refractivity contribution in [3.63, 3.8) is 0 Å². The van der Waals surface area contributed by atoms with Crippen molar-refractivity contribution in [1.29, 1.82) is 0 Å². The minimum absolute atomic E-state index is 0.489. The topological polar surface area (TPSA) is 134 Å². The molecule has 26 heavy (non-hydrogen) atoms. The summed E-state index contributed by atoms with van der Waals surface area (Å²) in [6.45, 7) is 5.78. The predicted molar refractivity (Wildman–Crippen MR) is 87.4 cm³/mol. The lowest BCUT2D eigenvalue weighted by molar-refractivity contribution is -0.184. The van der Waals surface area contributed by atoms with Crippen LogP contribution in [0.2, 0.25) is 0 Å². The van der Waals surface area contributed by atoms with E-state index in [-0.39, 0.29) is 0 Å². The van der Waals surface area contributed by atoms with Crippen LogP contribution in [0.1, 0.15) is 34.6 Å². The van der Waals surface area contributed by atoms with Crippen LogP contribution in [0.5, 0.6) is 0 Å². The molecule has 0 aromatic carbocycles. The Kier molecular flexibility index (Phi) is 7.87. The molecule has 146 valence electrons. The van der Waals surface area contributed by atoms with E-state index in [1.165, 1.54) is 6.92 Å². The molecule has 0 saturated carbocycles. The van der Waals surface area contributed by atoms with Crippen molar-refractivity contribution in [2.24, 2.45) is 0 Å². The number of carbonyl (C=O) groups is 5. The molecule has 1 fully saturated rings. The Morgan fingerprint density at radius 1 is 0.654 bits per heavy atom. The van der Waals surface area contributed by atoms with Gasteiger partial charge in [-0.25, -0.2) is 0 Å². The second kappa shape index (κ2) is 9.41. The molecule has 0 spiro atoms. The average molecular weight is 391 g/mol. The van der Waals surface area contributed by atoms with E-state index >= 15 is 0 Å². The van der Waals surface area contributed by atoms with Crippen LogP contribution in [-0.2, 0) is 42.9 Å². The van der Waals surface area contributed by atoms with Crippen molar-refractivity contribution >= 4 is 41.5 Å². The van der Waals surface area contributed by atoms with Crippen LogP contribution in [0.3, 0.4) is 0 Å². The Balaban J connectivity index is 3.32. The molecule has 1 N–H and O–H groups in total. The van der Waals surface area contributed by atoms with E-state index < -0.39 is 58.9 Å². The number of carbonyl (C=O) groups excluding carboxylic acids is 5. The molecule has 0 aromatic rings. The molecular weight excluding hydrogens is 370 g/mol. The van der Waals surface area contributed by atoms with Gasteiger partial charge in [-0.3, -0.25) is 24.0 Å². The van der Waals surface area contributed by atoms with Crippen molar-refractivity contribution in [3.05, 3.63) is 0 Å². The second-order valence-corrected chi connectivity index (χ2v) is 6.67. The van der Waals surface area contributed by atoms with Crippen LogP contribution in [-0.4, -0.2) is 58.9 Å². The van der Waals surface area contributed by atoms with Gasteiger partial charge >= 0.3 is 23.9 Å². The van der Waals surface area contributed by atoms with Gasteiger partial charge in [0, 0.05) is 34.6 Å². The number of thioether (sulfide) groups is 1. The summed E-state index contributed by atoms with van der Waals surface area (Å²) in [6, 6.07) is -1.03. The fourth-order valence-electron chi connectivity index (χ4n) is 2.36. The van der Waals surface area contributed by atoms with Crippen LogP contribution in [0.4, 0.5) is 0 Å². The van der Waals surface area contributed by atoms with Gasteiger partial charge in [-0.2, -0.15) is 0 Å². The van der Waals surface area contributed by atoms with E-state index in [4.69, 9.17) is 18.9 Å². The highest BCUT2D eigenvalue weighted by atomic mass is 32.2. The third-order valence-electron chi connectivity index (χ3n) is 3.05. The van der Waals surface area contributed by atoms with E-state index in [1.54, 1.807) is 0 Å². The first-order valence-corrected chi connectivity index (χ1v) is 8.57. The van der Waals surface area contributed by atoms with Crippen LogP contribution in [0, 0.1) is 0 Å². The first-order chi connectivity index (χ1) is 12.0. The molecule has 11 heteroatoms. The third-order valence-corrected chi connectivity index (χ3v) is 4.34. The van der Waals surface area contributed by atoms with Gasteiger partial charge in [-0.05, 0) is 0 Å². The van der Waals surface area contributed by atoms with Gasteiger partial charge in [-0.1, -0.05) is 11.8 Å². The molecule has 0 aliphatic carbocycles. The van der Waals surface area contributed by atoms with Gasteiger partial charge < -0.3 is 24.3 Å². The zero-order valence-corrected chi connectivity index (χ0v) is 15.8. The minimum atomic E-state index is -1.24. The zero-order valence-electron chi connectivity index (χ0n) is 15.0.